The molecule has 0 saturated heterocycles. The molecule has 6 heteroatoms. The van der Waals surface area contributed by atoms with Gasteiger partial charge in [-0.1, -0.05) is 56.3 Å². The van der Waals surface area contributed by atoms with E-state index in [0.29, 0.717) is 35.5 Å². The van der Waals surface area contributed by atoms with E-state index in [1.807, 2.05) is 48.5 Å². The van der Waals surface area contributed by atoms with E-state index in [2.05, 4.69) is 23.7 Å². The fourth-order valence-electron chi connectivity index (χ4n) is 4.46. The summed E-state index contributed by atoms with van der Waals surface area (Å²) in [6, 6.07) is 19.0. The second-order valence-corrected chi connectivity index (χ2v) is 8.08. The average molecular weight is 440 g/mol. The van der Waals surface area contributed by atoms with Crippen molar-refractivity contribution in [1.29, 1.82) is 0 Å². The first kappa shape index (κ1) is 21.1. The maximum atomic E-state index is 13.3. The molecule has 3 aromatic carbocycles. The van der Waals surface area contributed by atoms with Crippen LogP contribution in [0.1, 0.15) is 34.6 Å². The van der Waals surface area contributed by atoms with Crippen molar-refractivity contribution in [3.63, 3.8) is 0 Å². The molecule has 0 fully saturated rings. The molecule has 1 aliphatic rings. The number of aromatic nitrogens is 1. The lowest BCUT2D eigenvalue weighted by Crippen LogP contribution is -2.44. The molecular weight excluding hydrogens is 414 g/mol. The first-order valence-corrected chi connectivity index (χ1v) is 11.3. The summed E-state index contributed by atoms with van der Waals surface area (Å²) in [5.74, 6) is -0.0408. The Kier molecular flexibility index (Phi) is 5.52. The van der Waals surface area contributed by atoms with Crippen molar-refractivity contribution in [1.82, 2.24) is 14.8 Å². The van der Waals surface area contributed by atoms with Crippen molar-refractivity contribution in [3.05, 3.63) is 78.1 Å². The Morgan fingerprint density at radius 2 is 1.55 bits per heavy atom. The van der Waals surface area contributed by atoms with Gasteiger partial charge in [0.15, 0.2) is 0 Å². The smallest absolute Gasteiger partial charge is 0.261 e. The predicted molar refractivity (Wildman–Crippen MR) is 128 cm³/mol. The van der Waals surface area contributed by atoms with Crippen LogP contribution >= 0.6 is 0 Å². The number of carbonyl (C=O) groups excluding carboxylic acids is 2. The highest BCUT2D eigenvalue weighted by Gasteiger charge is 2.33. The summed E-state index contributed by atoms with van der Waals surface area (Å²) in [6.45, 7) is 6.94. The second kappa shape index (κ2) is 8.64. The molecule has 4 aromatic rings. The molecule has 5 rings (SSSR count). The third-order valence-electron chi connectivity index (χ3n) is 6.33. The highest BCUT2D eigenvalue weighted by Crippen LogP contribution is 2.36. The third-order valence-corrected chi connectivity index (χ3v) is 6.33. The first-order valence-electron chi connectivity index (χ1n) is 11.3. The van der Waals surface area contributed by atoms with E-state index in [9.17, 15) is 9.59 Å². The molecule has 33 heavy (non-hydrogen) atoms. The number of carbonyl (C=O) groups is 2. The Balaban J connectivity index is 1.55. The number of hydrogen-bond acceptors (Lipinski definition) is 5. The summed E-state index contributed by atoms with van der Waals surface area (Å²) in [7, 11) is 0. The van der Waals surface area contributed by atoms with Gasteiger partial charge in [-0.2, -0.15) is 0 Å². The first-order chi connectivity index (χ1) is 16.1. The molecule has 1 aliphatic heterocycles. The number of benzene rings is 3. The molecule has 0 saturated carbocycles. The topological polar surface area (TPSA) is 66.7 Å². The number of hydrogen-bond donors (Lipinski definition) is 0. The van der Waals surface area contributed by atoms with Crippen LogP contribution in [0.15, 0.2) is 71.3 Å². The minimum absolute atomic E-state index is 0.250. The number of oxazole rings is 1. The van der Waals surface area contributed by atoms with Crippen LogP contribution in [0.4, 0.5) is 0 Å². The summed E-state index contributed by atoms with van der Waals surface area (Å²) >= 11 is 0. The van der Waals surface area contributed by atoms with Crippen LogP contribution in [0, 0.1) is 0 Å². The zero-order chi connectivity index (χ0) is 22.9. The highest BCUT2D eigenvalue weighted by atomic mass is 16.3. The van der Waals surface area contributed by atoms with Gasteiger partial charge in [-0.3, -0.25) is 14.5 Å². The zero-order valence-corrected chi connectivity index (χ0v) is 18.7. The largest absolute Gasteiger partial charge is 0.444 e. The SMILES string of the molecule is CCN(CC)CCN1C(=O)c2cccc3c(-c4nc(-c5ccccc5)co4)ccc(c23)C1=O. The van der Waals surface area contributed by atoms with E-state index in [-0.39, 0.29) is 11.8 Å². The van der Waals surface area contributed by atoms with Crippen LogP contribution in [0.25, 0.3) is 33.5 Å². The average Bonchev–Trinajstić information content (AvgIpc) is 3.35. The van der Waals surface area contributed by atoms with Crippen LogP contribution in [0.3, 0.4) is 0 Å². The van der Waals surface area contributed by atoms with Gasteiger partial charge in [-0.15, -0.1) is 0 Å². The van der Waals surface area contributed by atoms with Gasteiger partial charge in [-0.25, -0.2) is 4.98 Å². The number of likely N-dealkylation sites (N-methyl/N-ethyl adjacent to an activating group) is 1. The Labute approximate surface area is 192 Å². The second-order valence-electron chi connectivity index (χ2n) is 8.08. The van der Waals surface area contributed by atoms with E-state index in [1.165, 1.54) is 4.90 Å². The van der Waals surface area contributed by atoms with Crippen LogP contribution in [0.2, 0.25) is 0 Å². The van der Waals surface area contributed by atoms with Crippen LogP contribution < -0.4 is 0 Å². The molecule has 0 N–H and O–H groups in total. The molecule has 1 aromatic heterocycles. The number of rotatable bonds is 7. The van der Waals surface area contributed by atoms with Crippen molar-refractivity contribution in [2.45, 2.75) is 13.8 Å². The van der Waals surface area contributed by atoms with Crippen LogP contribution in [-0.2, 0) is 0 Å². The Morgan fingerprint density at radius 1 is 0.848 bits per heavy atom. The lowest BCUT2D eigenvalue weighted by atomic mass is 9.91. The van der Waals surface area contributed by atoms with E-state index < -0.39 is 0 Å². The Morgan fingerprint density at radius 3 is 2.27 bits per heavy atom. The molecule has 6 nitrogen and oxygen atoms in total. The molecule has 2 amide bonds. The fraction of sp³-hybridized carbons (Fsp3) is 0.222. The lowest BCUT2D eigenvalue weighted by Gasteiger charge is -2.29. The monoisotopic (exact) mass is 439 g/mol. The summed E-state index contributed by atoms with van der Waals surface area (Å²) < 4.78 is 5.81. The van der Waals surface area contributed by atoms with Gasteiger partial charge in [0.25, 0.3) is 11.8 Å². The highest BCUT2D eigenvalue weighted by molar-refractivity contribution is 6.26. The Hall–Kier alpha value is -3.77. The molecule has 0 radical (unpaired) electrons. The van der Waals surface area contributed by atoms with Crippen molar-refractivity contribution in [2.24, 2.45) is 0 Å². The van der Waals surface area contributed by atoms with Gasteiger partial charge >= 0.3 is 0 Å². The lowest BCUT2D eigenvalue weighted by molar-refractivity contribution is 0.0594. The van der Waals surface area contributed by atoms with Gasteiger partial charge in [-0.05, 0) is 36.7 Å². The standard InChI is InChI=1S/C27H25N3O3/c1-3-29(4-2)15-16-30-26(31)21-12-8-11-19-20(13-14-22(24(19)21)27(30)32)25-28-23(17-33-25)18-9-6-5-7-10-18/h5-14,17H,3-4,15-16H2,1-2H3. The molecule has 2 heterocycles. The van der Waals surface area contributed by atoms with E-state index >= 15 is 0 Å². The normalized spacial score (nSPS) is 13.4. The number of amides is 2. The molecule has 0 aliphatic carbocycles. The number of imide groups is 1. The molecule has 0 atom stereocenters. The van der Waals surface area contributed by atoms with Gasteiger partial charge in [0.05, 0.1) is 0 Å². The van der Waals surface area contributed by atoms with Crippen molar-refractivity contribution >= 4 is 22.6 Å². The fourth-order valence-corrected chi connectivity index (χ4v) is 4.46. The summed E-state index contributed by atoms with van der Waals surface area (Å²) in [5.41, 5.74) is 3.54. The summed E-state index contributed by atoms with van der Waals surface area (Å²) in [5, 5.41) is 1.46. The van der Waals surface area contributed by atoms with Gasteiger partial charge in [0, 0.05) is 40.7 Å². The van der Waals surface area contributed by atoms with E-state index in [4.69, 9.17) is 4.42 Å². The van der Waals surface area contributed by atoms with Crippen molar-refractivity contribution in [2.75, 3.05) is 26.2 Å². The van der Waals surface area contributed by atoms with Crippen molar-refractivity contribution in [3.8, 4) is 22.7 Å². The zero-order valence-electron chi connectivity index (χ0n) is 18.7. The van der Waals surface area contributed by atoms with Crippen molar-refractivity contribution < 1.29 is 14.0 Å². The van der Waals surface area contributed by atoms with Crippen LogP contribution in [-0.4, -0.2) is 52.8 Å². The van der Waals surface area contributed by atoms with Gasteiger partial charge in [0.1, 0.15) is 12.0 Å². The minimum atomic E-state index is -0.250. The molecule has 0 bridgehead atoms. The predicted octanol–water partition coefficient (Wildman–Crippen LogP) is 5.10. The van der Waals surface area contributed by atoms with Gasteiger partial charge < -0.3 is 9.32 Å². The maximum absolute atomic E-state index is 13.3. The molecule has 166 valence electrons. The van der Waals surface area contributed by atoms with E-state index in [0.717, 1.165) is 35.3 Å². The van der Waals surface area contributed by atoms with E-state index in [1.54, 1.807) is 18.4 Å². The molecular formula is C27H25N3O3. The maximum Gasteiger partial charge on any atom is 0.261 e. The summed E-state index contributed by atoms with van der Waals surface area (Å²) in [6.07, 6.45) is 1.63. The number of nitrogens with zero attached hydrogens (tertiary/aromatic N) is 3. The molecule has 0 unspecified atom stereocenters. The minimum Gasteiger partial charge on any atom is -0.444 e. The quantitative estimate of drug-likeness (QED) is 0.375. The van der Waals surface area contributed by atoms with Gasteiger partial charge in [0.2, 0.25) is 5.89 Å². The third kappa shape index (κ3) is 3.62. The van der Waals surface area contributed by atoms with Crippen LogP contribution in [0.5, 0.6) is 0 Å². The molecule has 0 spiro atoms. The Bertz CT molecular complexity index is 1320. The summed E-state index contributed by atoms with van der Waals surface area (Å²) in [4.78, 5) is 34.8.